The second kappa shape index (κ2) is 5.99. The summed E-state index contributed by atoms with van der Waals surface area (Å²) in [7, 11) is 1.47. The molecule has 1 amide bonds. The molecule has 1 saturated carbocycles. The van der Waals surface area contributed by atoms with Crippen molar-refractivity contribution in [2.75, 3.05) is 7.05 Å². The zero-order valence-corrected chi connectivity index (χ0v) is 13.5. The van der Waals surface area contributed by atoms with Gasteiger partial charge in [0.2, 0.25) is 0 Å². The number of likely N-dealkylation sites (N-methyl/N-ethyl adjacent to an activating group) is 1. The van der Waals surface area contributed by atoms with E-state index in [4.69, 9.17) is 4.74 Å². The molecule has 2 rings (SSSR count). The molecule has 0 aliphatic heterocycles. The first-order valence-corrected chi connectivity index (χ1v) is 7.48. The number of nitrogens with zero attached hydrogens (tertiary/aromatic N) is 1. The van der Waals surface area contributed by atoms with Crippen LogP contribution in [0.15, 0.2) is 24.3 Å². The summed E-state index contributed by atoms with van der Waals surface area (Å²) in [4.78, 5) is 25.1. The largest absolute Gasteiger partial charge is 0.479 e. The van der Waals surface area contributed by atoms with E-state index in [9.17, 15) is 14.7 Å². The molecule has 120 valence electrons. The Balaban J connectivity index is 2.31. The molecule has 0 bridgehead atoms. The summed E-state index contributed by atoms with van der Waals surface area (Å²) in [6.45, 7) is 5.27. The van der Waals surface area contributed by atoms with Crippen molar-refractivity contribution in [2.45, 2.75) is 51.2 Å². The van der Waals surface area contributed by atoms with Gasteiger partial charge in [-0.1, -0.05) is 24.3 Å². The minimum Gasteiger partial charge on any atom is -0.479 e. The van der Waals surface area contributed by atoms with Gasteiger partial charge in [-0.2, -0.15) is 0 Å². The van der Waals surface area contributed by atoms with Crippen LogP contribution >= 0.6 is 0 Å². The van der Waals surface area contributed by atoms with E-state index in [0.29, 0.717) is 11.5 Å². The minimum absolute atomic E-state index is 0.407. The third-order valence-corrected chi connectivity index (χ3v) is 3.61. The summed E-state index contributed by atoms with van der Waals surface area (Å²) in [5, 5.41) is 9.62. The molecule has 1 aromatic rings. The lowest BCUT2D eigenvalue weighted by molar-refractivity contribution is -0.143. The van der Waals surface area contributed by atoms with Gasteiger partial charge in [0.05, 0.1) is 0 Å². The molecule has 5 nitrogen and oxygen atoms in total. The lowest BCUT2D eigenvalue weighted by Gasteiger charge is -2.29. The summed E-state index contributed by atoms with van der Waals surface area (Å²) in [5.41, 5.74) is 1.03. The van der Waals surface area contributed by atoms with Crippen LogP contribution in [0.1, 0.15) is 56.7 Å². The van der Waals surface area contributed by atoms with E-state index in [1.807, 2.05) is 12.1 Å². The first kappa shape index (κ1) is 16.3. The van der Waals surface area contributed by atoms with E-state index >= 15 is 0 Å². The monoisotopic (exact) mass is 305 g/mol. The molecule has 0 spiro atoms. The highest BCUT2D eigenvalue weighted by molar-refractivity contribution is 5.82. The van der Waals surface area contributed by atoms with Gasteiger partial charge in [0.1, 0.15) is 5.60 Å². The average Bonchev–Trinajstić information content (AvgIpc) is 3.21. The summed E-state index contributed by atoms with van der Waals surface area (Å²) in [6.07, 6.45) is 1.50. The van der Waals surface area contributed by atoms with Gasteiger partial charge in [0, 0.05) is 7.05 Å². The van der Waals surface area contributed by atoms with Crippen molar-refractivity contribution in [3.05, 3.63) is 35.4 Å². The van der Waals surface area contributed by atoms with Crippen LogP contribution in [0, 0.1) is 0 Å². The molecule has 1 unspecified atom stereocenters. The van der Waals surface area contributed by atoms with Gasteiger partial charge in [-0.25, -0.2) is 9.59 Å². The number of aliphatic carboxylic acids is 1. The van der Waals surface area contributed by atoms with Gasteiger partial charge in [-0.3, -0.25) is 4.90 Å². The Bertz CT molecular complexity index is 572. The summed E-state index contributed by atoms with van der Waals surface area (Å²) in [6, 6.07) is 6.41. The fourth-order valence-corrected chi connectivity index (χ4v) is 2.47. The maximum absolute atomic E-state index is 12.2. The number of rotatable bonds is 4. The highest BCUT2D eigenvalue weighted by atomic mass is 16.6. The molecule has 1 aliphatic rings. The fraction of sp³-hybridized carbons (Fsp3) is 0.529. The fourth-order valence-electron chi connectivity index (χ4n) is 2.47. The van der Waals surface area contributed by atoms with E-state index < -0.39 is 23.7 Å². The van der Waals surface area contributed by atoms with Gasteiger partial charge < -0.3 is 9.84 Å². The number of carbonyl (C=O) groups is 2. The Hall–Kier alpha value is -2.04. The maximum atomic E-state index is 12.2. The van der Waals surface area contributed by atoms with Crippen LogP contribution in [-0.2, 0) is 9.53 Å². The molecular weight excluding hydrogens is 282 g/mol. The van der Waals surface area contributed by atoms with Crippen LogP contribution in [0.25, 0.3) is 0 Å². The highest BCUT2D eigenvalue weighted by Crippen LogP contribution is 2.43. The van der Waals surface area contributed by atoms with Crippen molar-refractivity contribution in [1.82, 2.24) is 4.90 Å². The number of benzene rings is 1. The van der Waals surface area contributed by atoms with E-state index in [-0.39, 0.29) is 0 Å². The van der Waals surface area contributed by atoms with Gasteiger partial charge in [0.25, 0.3) is 0 Å². The number of amides is 1. The second-order valence-corrected chi connectivity index (χ2v) is 6.74. The van der Waals surface area contributed by atoms with Gasteiger partial charge in [-0.15, -0.1) is 0 Å². The van der Waals surface area contributed by atoms with E-state index in [1.165, 1.54) is 7.05 Å². The van der Waals surface area contributed by atoms with Crippen molar-refractivity contribution in [2.24, 2.45) is 0 Å². The third-order valence-electron chi connectivity index (χ3n) is 3.61. The van der Waals surface area contributed by atoms with Crippen molar-refractivity contribution in [3.63, 3.8) is 0 Å². The Labute approximate surface area is 130 Å². The molecule has 0 saturated heterocycles. The average molecular weight is 305 g/mol. The second-order valence-electron chi connectivity index (χ2n) is 6.74. The number of carbonyl (C=O) groups excluding carboxylic acids is 1. The number of hydrogen-bond acceptors (Lipinski definition) is 3. The van der Waals surface area contributed by atoms with Crippen LogP contribution in [-0.4, -0.2) is 34.7 Å². The summed E-state index contributed by atoms with van der Waals surface area (Å²) in [5.74, 6) is -0.647. The van der Waals surface area contributed by atoms with Gasteiger partial charge in [0.15, 0.2) is 6.04 Å². The molecule has 1 fully saturated rings. The van der Waals surface area contributed by atoms with E-state index in [2.05, 4.69) is 0 Å². The van der Waals surface area contributed by atoms with Crippen LogP contribution in [0.5, 0.6) is 0 Å². The van der Waals surface area contributed by atoms with Gasteiger partial charge in [-0.05, 0) is 50.7 Å². The number of ether oxygens (including phenoxy) is 1. The van der Waals surface area contributed by atoms with Crippen molar-refractivity contribution >= 4 is 12.1 Å². The van der Waals surface area contributed by atoms with E-state index in [0.717, 1.165) is 23.3 Å². The van der Waals surface area contributed by atoms with Crippen molar-refractivity contribution < 1.29 is 19.4 Å². The topological polar surface area (TPSA) is 66.8 Å². The quantitative estimate of drug-likeness (QED) is 0.923. The SMILES string of the molecule is CN(C(=O)OC(C)(C)C)C(C(=O)O)c1ccccc1C1CC1. The first-order valence-electron chi connectivity index (χ1n) is 7.48. The lowest BCUT2D eigenvalue weighted by Crippen LogP contribution is -2.40. The molecule has 0 radical (unpaired) electrons. The van der Waals surface area contributed by atoms with Crippen LogP contribution < -0.4 is 0 Å². The van der Waals surface area contributed by atoms with Crippen LogP contribution in [0.3, 0.4) is 0 Å². The molecule has 5 heteroatoms. The predicted molar refractivity (Wildman–Crippen MR) is 82.8 cm³/mol. The minimum atomic E-state index is -1.05. The molecule has 0 heterocycles. The number of carboxylic acids is 1. The lowest BCUT2D eigenvalue weighted by atomic mass is 9.96. The van der Waals surface area contributed by atoms with Gasteiger partial charge >= 0.3 is 12.1 Å². The van der Waals surface area contributed by atoms with Crippen LogP contribution in [0.4, 0.5) is 4.79 Å². The van der Waals surface area contributed by atoms with Crippen molar-refractivity contribution in [1.29, 1.82) is 0 Å². The Morgan fingerprint density at radius 1 is 1.27 bits per heavy atom. The maximum Gasteiger partial charge on any atom is 0.411 e. The number of hydrogen-bond donors (Lipinski definition) is 1. The third kappa shape index (κ3) is 3.78. The molecule has 22 heavy (non-hydrogen) atoms. The molecule has 1 atom stereocenters. The molecule has 1 aromatic carbocycles. The predicted octanol–water partition coefficient (Wildman–Crippen LogP) is 3.56. The first-order chi connectivity index (χ1) is 10.2. The number of carboxylic acid groups (broad SMARTS) is 1. The van der Waals surface area contributed by atoms with E-state index in [1.54, 1.807) is 32.9 Å². The standard InChI is InChI=1S/C17H23NO4/c1-17(2,3)22-16(21)18(4)14(15(19)20)13-8-6-5-7-12(13)11-9-10-11/h5-8,11,14H,9-10H2,1-4H3,(H,19,20). The molecule has 1 N–H and O–H groups in total. The zero-order chi connectivity index (χ0) is 16.5. The summed E-state index contributed by atoms with van der Waals surface area (Å²) < 4.78 is 5.29. The summed E-state index contributed by atoms with van der Waals surface area (Å²) >= 11 is 0. The van der Waals surface area contributed by atoms with Crippen LogP contribution in [0.2, 0.25) is 0 Å². The Morgan fingerprint density at radius 2 is 1.86 bits per heavy atom. The molecular formula is C17H23NO4. The highest BCUT2D eigenvalue weighted by Gasteiger charge is 2.35. The zero-order valence-electron chi connectivity index (χ0n) is 13.5. The molecule has 0 aromatic heterocycles. The van der Waals surface area contributed by atoms with Crippen molar-refractivity contribution in [3.8, 4) is 0 Å². The Morgan fingerprint density at radius 3 is 2.36 bits per heavy atom. The Kier molecular flexibility index (Phi) is 4.44. The molecule has 1 aliphatic carbocycles. The normalized spacial score (nSPS) is 16.0. The smallest absolute Gasteiger partial charge is 0.411 e.